The van der Waals surface area contributed by atoms with Crippen molar-refractivity contribution in [3.63, 3.8) is 0 Å². The quantitative estimate of drug-likeness (QED) is 0.318. The van der Waals surface area contributed by atoms with Gasteiger partial charge in [0.1, 0.15) is 0 Å². The molecule has 4 nitrogen and oxygen atoms in total. The zero-order valence-electron chi connectivity index (χ0n) is 11.7. The number of halogens is 1. The van der Waals surface area contributed by atoms with E-state index in [0.29, 0.717) is 12.0 Å². The first kappa shape index (κ1) is 19.3. The molecular weight excluding hydrogens is 329 g/mol. The van der Waals surface area contributed by atoms with Crippen molar-refractivity contribution in [2.45, 2.75) is 40.2 Å². The van der Waals surface area contributed by atoms with Gasteiger partial charge in [-0.3, -0.25) is 4.99 Å². The Kier molecular flexibility index (Phi) is 14.1. The lowest BCUT2D eigenvalue weighted by Crippen LogP contribution is -2.41. The van der Waals surface area contributed by atoms with Crippen molar-refractivity contribution >= 4 is 29.9 Å². The van der Waals surface area contributed by atoms with Crippen LogP contribution < -0.4 is 10.6 Å². The Bertz CT molecular complexity index is 196. The smallest absolute Gasteiger partial charge is 0.191 e. The maximum Gasteiger partial charge on any atom is 0.191 e. The molecular formula is C12H28IN3O. The standard InChI is InChI=1S/C12H27N3O.HI/c1-10(2)9-16-8-6-7-14-12(13-5)15-11(3)4;/h10-11H,6-9H2,1-5H3,(H2,13,14,15);1H. The first-order chi connectivity index (χ1) is 7.56. The van der Waals surface area contributed by atoms with E-state index in [4.69, 9.17) is 4.74 Å². The van der Waals surface area contributed by atoms with Gasteiger partial charge in [0, 0.05) is 32.8 Å². The molecule has 0 rings (SSSR count). The largest absolute Gasteiger partial charge is 0.381 e. The lowest BCUT2D eigenvalue weighted by Gasteiger charge is -2.14. The van der Waals surface area contributed by atoms with Crippen molar-refractivity contribution < 1.29 is 4.74 Å². The molecule has 0 aliphatic rings. The fourth-order valence-corrected chi connectivity index (χ4v) is 1.17. The molecule has 0 aromatic carbocycles. The molecule has 0 fully saturated rings. The maximum absolute atomic E-state index is 5.49. The molecule has 0 aromatic rings. The van der Waals surface area contributed by atoms with Crippen LogP contribution in [0.2, 0.25) is 0 Å². The first-order valence-corrected chi connectivity index (χ1v) is 6.11. The van der Waals surface area contributed by atoms with Crippen molar-refractivity contribution in [2.24, 2.45) is 10.9 Å². The highest BCUT2D eigenvalue weighted by Gasteiger charge is 1.99. The van der Waals surface area contributed by atoms with Crippen LogP contribution in [0.3, 0.4) is 0 Å². The Hall–Kier alpha value is -0.0400. The number of nitrogens with zero attached hydrogens (tertiary/aromatic N) is 1. The molecule has 0 saturated carbocycles. The SMILES string of the molecule is CN=C(NCCCOCC(C)C)NC(C)C.I. The van der Waals surface area contributed by atoms with Gasteiger partial charge in [-0.1, -0.05) is 13.8 Å². The van der Waals surface area contributed by atoms with Gasteiger partial charge >= 0.3 is 0 Å². The van der Waals surface area contributed by atoms with Gasteiger partial charge in [-0.05, 0) is 26.2 Å². The molecule has 0 spiro atoms. The molecule has 0 aliphatic heterocycles. The second-order valence-corrected chi connectivity index (χ2v) is 4.62. The number of aliphatic imine (C=N–C) groups is 1. The minimum atomic E-state index is 0. The number of guanidine groups is 1. The Morgan fingerprint density at radius 2 is 1.88 bits per heavy atom. The van der Waals surface area contributed by atoms with Crippen molar-refractivity contribution in [1.29, 1.82) is 0 Å². The summed E-state index contributed by atoms with van der Waals surface area (Å²) in [5, 5.41) is 6.48. The summed E-state index contributed by atoms with van der Waals surface area (Å²) in [5.74, 6) is 1.47. The molecule has 5 heteroatoms. The average molecular weight is 357 g/mol. The number of hydrogen-bond donors (Lipinski definition) is 2. The molecule has 0 atom stereocenters. The van der Waals surface area contributed by atoms with Crippen LogP contribution in [-0.4, -0.2) is 38.8 Å². The summed E-state index contributed by atoms with van der Waals surface area (Å²) in [6.45, 7) is 11.1. The van der Waals surface area contributed by atoms with Crippen LogP contribution in [-0.2, 0) is 4.74 Å². The first-order valence-electron chi connectivity index (χ1n) is 6.11. The summed E-state index contributed by atoms with van der Waals surface area (Å²) in [5.41, 5.74) is 0. The second kappa shape index (κ2) is 12.4. The van der Waals surface area contributed by atoms with E-state index in [1.165, 1.54) is 0 Å². The van der Waals surface area contributed by atoms with E-state index < -0.39 is 0 Å². The Balaban J connectivity index is 0. The van der Waals surface area contributed by atoms with Gasteiger partial charge in [0.25, 0.3) is 0 Å². The molecule has 0 amide bonds. The lowest BCUT2D eigenvalue weighted by atomic mass is 10.2. The van der Waals surface area contributed by atoms with E-state index in [2.05, 4.69) is 43.3 Å². The number of rotatable bonds is 7. The van der Waals surface area contributed by atoms with Crippen molar-refractivity contribution in [1.82, 2.24) is 10.6 Å². The predicted octanol–water partition coefficient (Wildman–Crippen LogP) is 2.24. The summed E-state index contributed by atoms with van der Waals surface area (Å²) < 4.78 is 5.49. The molecule has 2 N–H and O–H groups in total. The number of nitrogens with one attached hydrogen (secondary N) is 2. The van der Waals surface area contributed by atoms with E-state index in [1.807, 2.05) is 0 Å². The summed E-state index contributed by atoms with van der Waals surface area (Å²) in [6.07, 6.45) is 1.01. The summed E-state index contributed by atoms with van der Waals surface area (Å²) in [4.78, 5) is 4.13. The van der Waals surface area contributed by atoms with Crippen LogP contribution in [0.5, 0.6) is 0 Å². The zero-order chi connectivity index (χ0) is 12.4. The van der Waals surface area contributed by atoms with Gasteiger partial charge in [0.15, 0.2) is 5.96 Å². The molecule has 0 radical (unpaired) electrons. The fourth-order valence-electron chi connectivity index (χ4n) is 1.17. The van der Waals surface area contributed by atoms with Gasteiger partial charge < -0.3 is 15.4 Å². The van der Waals surface area contributed by atoms with Crippen LogP contribution in [0.15, 0.2) is 4.99 Å². The van der Waals surface area contributed by atoms with E-state index in [1.54, 1.807) is 7.05 Å². The Morgan fingerprint density at radius 3 is 2.35 bits per heavy atom. The topological polar surface area (TPSA) is 45.7 Å². The van der Waals surface area contributed by atoms with Crippen LogP contribution in [0, 0.1) is 5.92 Å². The molecule has 0 heterocycles. The summed E-state index contributed by atoms with van der Waals surface area (Å²) >= 11 is 0. The normalized spacial score (nSPS) is 11.6. The van der Waals surface area contributed by atoms with Crippen LogP contribution in [0.25, 0.3) is 0 Å². The van der Waals surface area contributed by atoms with Crippen molar-refractivity contribution in [3.05, 3.63) is 0 Å². The molecule has 104 valence electrons. The highest BCUT2D eigenvalue weighted by atomic mass is 127. The zero-order valence-corrected chi connectivity index (χ0v) is 14.1. The average Bonchev–Trinajstić information content (AvgIpc) is 2.20. The van der Waals surface area contributed by atoms with Crippen molar-refractivity contribution in [2.75, 3.05) is 26.8 Å². The number of hydrogen-bond acceptors (Lipinski definition) is 2. The minimum absolute atomic E-state index is 0. The predicted molar refractivity (Wildman–Crippen MR) is 85.3 cm³/mol. The van der Waals surface area contributed by atoms with Crippen LogP contribution in [0.4, 0.5) is 0 Å². The summed E-state index contributed by atoms with van der Waals surface area (Å²) in [6, 6.07) is 0.406. The van der Waals surface area contributed by atoms with Gasteiger partial charge in [0.2, 0.25) is 0 Å². The van der Waals surface area contributed by atoms with Crippen LogP contribution >= 0.6 is 24.0 Å². The highest BCUT2D eigenvalue weighted by Crippen LogP contribution is 1.92. The van der Waals surface area contributed by atoms with E-state index in [0.717, 1.165) is 32.1 Å². The molecule has 0 bridgehead atoms. The van der Waals surface area contributed by atoms with Gasteiger partial charge in [-0.2, -0.15) is 0 Å². The Morgan fingerprint density at radius 1 is 1.24 bits per heavy atom. The second-order valence-electron chi connectivity index (χ2n) is 4.62. The van der Waals surface area contributed by atoms with Crippen molar-refractivity contribution in [3.8, 4) is 0 Å². The summed E-state index contributed by atoms with van der Waals surface area (Å²) in [7, 11) is 1.78. The molecule has 0 aromatic heterocycles. The monoisotopic (exact) mass is 357 g/mol. The van der Waals surface area contributed by atoms with E-state index in [9.17, 15) is 0 Å². The third kappa shape index (κ3) is 13.9. The molecule has 0 aliphatic carbocycles. The maximum atomic E-state index is 5.49. The molecule has 0 saturated heterocycles. The third-order valence-electron chi connectivity index (χ3n) is 1.86. The molecule has 0 unspecified atom stereocenters. The van der Waals surface area contributed by atoms with Gasteiger partial charge in [-0.15, -0.1) is 24.0 Å². The minimum Gasteiger partial charge on any atom is -0.381 e. The van der Waals surface area contributed by atoms with Gasteiger partial charge in [-0.25, -0.2) is 0 Å². The highest BCUT2D eigenvalue weighted by molar-refractivity contribution is 14.0. The molecule has 17 heavy (non-hydrogen) atoms. The van der Waals surface area contributed by atoms with E-state index in [-0.39, 0.29) is 24.0 Å². The van der Waals surface area contributed by atoms with Crippen LogP contribution in [0.1, 0.15) is 34.1 Å². The fraction of sp³-hybridized carbons (Fsp3) is 0.917. The van der Waals surface area contributed by atoms with Gasteiger partial charge in [0.05, 0.1) is 0 Å². The number of ether oxygens (including phenoxy) is 1. The third-order valence-corrected chi connectivity index (χ3v) is 1.86. The lowest BCUT2D eigenvalue weighted by molar-refractivity contribution is 0.108. The Labute approximate surface area is 123 Å². The van der Waals surface area contributed by atoms with E-state index >= 15 is 0 Å².